The number of rotatable bonds is 7. The fourth-order valence-electron chi connectivity index (χ4n) is 3.46. The monoisotopic (exact) mass is 482 g/mol. The quantitative estimate of drug-likeness (QED) is 0.547. The van der Waals surface area contributed by atoms with Crippen LogP contribution in [0.3, 0.4) is 0 Å². The molecule has 33 heavy (non-hydrogen) atoms. The molecule has 0 saturated carbocycles. The second-order valence-electron chi connectivity index (χ2n) is 7.13. The molecule has 0 fully saturated rings. The first-order valence-corrected chi connectivity index (χ1v) is 11.0. The summed E-state index contributed by atoms with van der Waals surface area (Å²) in [6.45, 7) is -3.72. The summed E-state index contributed by atoms with van der Waals surface area (Å²) in [6.07, 6.45) is 2.56. The Hall–Kier alpha value is -3.45. The number of aliphatic hydroxyl groups is 1. The molecule has 13 heteroatoms. The Bertz CT molecular complexity index is 1260. The second-order valence-corrected chi connectivity index (χ2v) is 8.92. The fraction of sp³-hybridized carbons (Fsp3) is 0.250. The van der Waals surface area contributed by atoms with E-state index in [4.69, 9.17) is 0 Å². The van der Waals surface area contributed by atoms with Crippen LogP contribution in [0.25, 0.3) is 0 Å². The number of aliphatic hydroxyl groups excluding tert-OH is 1. The van der Waals surface area contributed by atoms with Crippen molar-refractivity contribution in [1.82, 2.24) is 19.1 Å². The lowest BCUT2D eigenvalue weighted by Gasteiger charge is -2.21. The van der Waals surface area contributed by atoms with E-state index in [9.17, 15) is 31.5 Å². The molecule has 1 aromatic carbocycles. The highest BCUT2D eigenvalue weighted by molar-refractivity contribution is 7.89. The van der Waals surface area contributed by atoms with Gasteiger partial charge in [0, 0.05) is 24.5 Å². The van der Waals surface area contributed by atoms with Crippen LogP contribution in [0.1, 0.15) is 22.9 Å². The molecule has 1 aliphatic rings. The van der Waals surface area contributed by atoms with Crippen LogP contribution in [0.15, 0.2) is 53.7 Å². The van der Waals surface area contributed by atoms with Crippen LogP contribution >= 0.6 is 0 Å². The van der Waals surface area contributed by atoms with E-state index in [-0.39, 0.29) is 29.4 Å². The van der Waals surface area contributed by atoms with Crippen LogP contribution in [0.4, 0.5) is 13.2 Å². The van der Waals surface area contributed by atoms with Crippen molar-refractivity contribution in [2.75, 3.05) is 6.61 Å². The Morgan fingerprint density at radius 3 is 2.52 bits per heavy atom. The number of benzene rings is 1. The number of carbonyl (C=O) groups excluding carboxylic acids is 1. The third-order valence-corrected chi connectivity index (χ3v) is 6.61. The summed E-state index contributed by atoms with van der Waals surface area (Å²) in [7, 11) is -4.11. The van der Waals surface area contributed by atoms with E-state index in [1.54, 1.807) is 0 Å². The highest BCUT2D eigenvalue weighted by Crippen LogP contribution is 2.28. The van der Waals surface area contributed by atoms with E-state index in [0.717, 1.165) is 34.4 Å². The highest BCUT2D eigenvalue weighted by atomic mass is 32.2. The maximum absolute atomic E-state index is 14.0. The first-order valence-electron chi connectivity index (χ1n) is 9.58. The van der Waals surface area contributed by atoms with Gasteiger partial charge in [0.15, 0.2) is 0 Å². The Balaban J connectivity index is 1.51. The van der Waals surface area contributed by atoms with Crippen LogP contribution in [0.5, 0.6) is 5.75 Å². The van der Waals surface area contributed by atoms with Gasteiger partial charge in [0.2, 0.25) is 5.91 Å². The van der Waals surface area contributed by atoms with Gasteiger partial charge in [-0.3, -0.25) is 9.78 Å². The molecular weight excluding hydrogens is 465 g/mol. The summed E-state index contributed by atoms with van der Waals surface area (Å²) in [6, 6.07) is 6.93. The number of pyridine rings is 1. The lowest BCUT2D eigenvalue weighted by Crippen LogP contribution is -2.34. The van der Waals surface area contributed by atoms with Gasteiger partial charge in [0.25, 0.3) is 10.0 Å². The van der Waals surface area contributed by atoms with Crippen molar-refractivity contribution in [3.8, 4) is 5.75 Å². The van der Waals surface area contributed by atoms with Crippen LogP contribution in [-0.4, -0.2) is 51.7 Å². The van der Waals surface area contributed by atoms with Crippen molar-refractivity contribution in [2.45, 2.75) is 30.5 Å². The lowest BCUT2D eigenvalue weighted by atomic mass is 10.0. The first-order chi connectivity index (χ1) is 15.7. The molecule has 9 nitrogen and oxygen atoms in total. The SMILES string of the molecule is O=C([C@H](CO)c1ncccc1F)N1Cc2cn(S(=O)(=O)c3ccc(OC(F)F)cc3)nc2C1. The number of halogens is 3. The van der Waals surface area contributed by atoms with Gasteiger partial charge in [-0.25, -0.2) is 4.39 Å². The van der Waals surface area contributed by atoms with E-state index < -0.39 is 40.9 Å². The minimum atomic E-state index is -4.11. The van der Waals surface area contributed by atoms with E-state index in [0.29, 0.717) is 11.3 Å². The Morgan fingerprint density at radius 2 is 1.91 bits per heavy atom. The van der Waals surface area contributed by atoms with Gasteiger partial charge in [0.05, 0.1) is 29.4 Å². The minimum Gasteiger partial charge on any atom is -0.435 e. The maximum atomic E-state index is 14.0. The van der Waals surface area contributed by atoms with Crippen molar-refractivity contribution in [3.05, 3.63) is 71.6 Å². The zero-order valence-corrected chi connectivity index (χ0v) is 17.6. The molecule has 1 atom stereocenters. The number of hydrogen-bond donors (Lipinski definition) is 1. The minimum absolute atomic E-state index is 0.00973. The van der Waals surface area contributed by atoms with Crippen molar-refractivity contribution >= 4 is 15.9 Å². The number of carbonyl (C=O) groups is 1. The molecule has 174 valence electrons. The van der Waals surface area contributed by atoms with Gasteiger partial charge in [0.1, 0.15) is 17.5 Å². The van der Waals surface area contributed by atoms with Gasteiger partial charge in [-0.05, 0) is 36.4 Å². The van der Waals surface area contributed by atoms with Crippen LogP contribution in [-0.2, 0) is 27.9 Å². The summed E-state index contributed by atoms with van der Waals surface area (Å²) in [5.74, 6) is -2.69. The summed E-state index contributed by atoms with van der Waals surface area (Å²) in [5, 5.41) is 13.7. The van der Waals surface area contributed by atoms with Crippen molar-refractivity contribution < 1.29 is 36.2 Å². The van der Waals surface area contributed by atoms with Crippen LogP contribution in [0.2, 0.25) is 0 Å². The molecule has 0 saturated heterocycles. The average Bonchev–Trinajstić information content (AvgIpc) is 3.35. The topological polar surface area (TPSA) is 115 Å². The predicted octanol–water partition coefficient (Wildman–Crippen LogP) is 1.87. The summed E-state index contributed by atoms with van der Waals surface area (Å²) in [5.41, 5.74) is 0.604. The maximum Gasteiger partial charge on any atom is 0.387 e. The molecular formula is C20H17F3N4O5S. The molecule has 1 amide bonds. The van der Waals surface area contributed by atoms with Crippen molar-refractivity contribution in [3.63, 3.8) is 0 Å². The van der Waals surface area contributed by atoms with Gasteiger partial charge in [-0.2, -0.15) is 26.4 Å². The molecule has 3 heterocycles. The highest BCUT2D eigenvalue weighted by Gasteiger charge is 2.34. The third-order valence-electron chi connectivity index (χ3n) is 5.06. The molecule has 4 rings (SSSR count). The first kappa shape index (κ1) is 22.7. The van der Waals surface area contributed by atoms with Crippen molar-refractivity contribution in [2.24, 2.45) is 0 Å². The van der Waals surface area contributed by atoms with E-state index in [1.807, 2.05) is 0 Å². The predicted molar refractivity (Wildman–Crippen MR) is 106 cm³/mol. The molecule has 0 unspecified atom stereocenters. The molecule has 0 aliphatic carbocycles. The number of aromatic nitrogens is 3. The smallest absolute Gasteiger partial charge is 0.387 e. The average molecular weight is 482 g/mol. The second kappa shape index (κ2) is 8.83. The number of nitrogens with zero attached hydrogens (tertiary/aromatic N) is 4. The standard InChI is InChI=1S/C20H17F3N4O5S/c21-16-2-1-7-24-18(16)15(11-28)19(29)26-8-12-9-27(25-17(12)10-26)33(30,31)14-5-3-13(4-6-14)32-20(22)23/h1-7,9,15,20,28H,8,10-11H2/t15-/m1/s1. The molecule has 3 aromatic rings. The molecule has 2 aromatic heterocycles. The zero-order chi connectivity index (χ0) is 23.8. The molecule has 0 radical (unpaired) electrons. The normalized spacial score (nSPS) is 14.4. The third kappa shape index (κ3) is 4.41. The Labute approximate surface area is 186 Å². The zero-order valence-electron chi connectivity index (χ0n) is 16.8. The summed E-state index contributed by atoms with van der Waals surface area (Å²) in [4.78, 5) is 17.8. The van der Waals surface area contributed by atoms with Gasteiger partial charge in [-0.15, -0.1) is 0 Å². The van der Waals surface area contributed by atoms with E-state index in [2.05, 4.69) is 14.8 Å². The Kier molecular flexibility index (Phi) is 6.08. The number of hydrogen-bond acceptors (Lipinski definition) is 7. The number of amides is 1. The van der Waals surface area contributed by atoms with Crippen LogP contribution < -0.4 is 4.74 Å². The lowest BCUT2D eigenvalue weighted by molar-refractivity contribution is -0.134. The van der Waals surface area contributed by atoms with Gasteiger partial charge >= 0.3 is 6.61 Å². The Morgan fingerprint density at radius 1 is 1.18 bits per heavy atom. The number of alkyl halides is 2. The van der Waals surface area contributed by atoms with Crippen molar-refractivity contribution in [1.29, 1.82) is 0 Å². The van der Waals surface area contributed by atoms with E-state index in [1.165, 1.54) is 23.4 Å². The molecule has 1 aliphatic heterocycles. The summed E-state index contributed by atoms with van der Waals surface area (Å²) < 4.78 is 69.2. The fourth-order valence-corrected chi connectivity index (χ4v) is 4.63. The molecule has 1 N–H and O–H groups in total. The van der Waals surface area contributed by atoms with Crippen LogP contribution in [0, 0.1) is 5.82 Å². The van der Waals surface area contributed by atoms with E-state index >= 15 is 0 Å². The molecule has 0 spiro atoms. The number of fused-ring (bicyclic) bond motifs is 1. The largest absolute Gasteiger partial charge is 0.435 e. The molecule has 0 bridgehead atoms. The summed E-state index contributed by atoms with van der Waals surface area (Å²) >= 11 is 0. The van der Waals surface area contributed by atoms with Gasteiger partial charge < -0.3 is 14.7 Å². The number of ether oxygens (including phenoxy) is 1. The van der Waals surface area contributed by atoms with Gasteiger partial charge in [-0.1, -0.05) is 0 Å².